The third-order valence-corrected chi connectivity index (χ3v) is 4.01. The number of carboxylic acids is 1. The number of carbonyl (C=O) groups is 1. The van der Waals surface area contributed by atoms with Crippen LogP contribution in [-0.4, -0.2) is 16.1 Å². The minimum absolute atomic E-state index is 0.137. The summed E-state index contributed by atoms with van der Waals surface area (Å²) in [6.07, 6.45) is 0. The van der Waals surface area contributed by atoms with Crippen molar-refractivity contribution in [2.24, 2.45) is 0 Å². The number of nitrogens with zero attached hydrogens (tertiary/aromatic N) is 1. The Morgan fingerprint density at radius 1 is 1.41 bits per heavy atom. The molecule has 0 fully saturated rings. The number of aromatic nitrogens is 1. The summed E-state index contributed by atoms with van der Waals surface area (Å²) in [4.78, 5) is 15.8. The molecule has 3 nitrogen and oxygen atoms in total. The largest absolute Gasteiger partial charge is 0.476 e. The third kappa shape index (κ3) is 2.40. The molecule has 88 valence electrons. The van der Waals surface area contributed by atoms with Crippen LogP contribution >= 0.6 is 27.3 Å². The first-order chi connectivity index (χ1) is 7.99. The highest BCUT2D eigenvalue weighted by Crippen LogP contribution is 2.33. The van der Waals surface area contributed by atoms with Crippen LogP contribution in [0.25, 0.3) is 10.6 Å². The summed E-state index contributed by atoms with van der Waals surface area (Å²) >= 11 is 4.87. The van der Waals surface area contributed by atoms with Crippen molar-refractivity contribution in [2.75, 3.05) is 0 Å². The Kier molecular flexibility index (Phi) is 3.31. The predicted octanol–water partition coefficient (Wildman–Crippen LogP) is 3.89. The number of aromatic carboxylic acids is 1. The van der Waals surface area contributed by atoms with Crippen LogP contribution in [0.4, 0.5) is 0 Å². The van der Waals surface area contributed by atoms with Crippen molar-refractivity contribution in [3.63, 3.8) is 0 Å². The van der Waals surface area contributed by atoms with Gasteiger partial charge in [-0.25, -0.2) is 9.78 Å². The second-order valence-electron chi connectivity index (χ2n) is 3.71. The lowest BCUT2D eigenvalue weighted by Crippen LogP contribution is -1.98. The topological polar surface area (TPSA) is 50.2 Å². The van der Waals surface area contributed by atoms with Crippen molar-refractivity contribution in [1.82, 2.24) is 4.98 Å². The SMILES string of the molecule is Cc1ccc(-c2nc(C(=O)O)c(C)s2)c(Br)c1. The first kappa shape index (κ1) is 12.3. The molecule has 0 saturated heterocycles. The Hall–Kier alpha value is -1.20. The van der Waals surface area contributed by atoms with E-state index in [4.69, 9.17) is 5.11 Å². The molecule has 5 heteroatoms. The normalized spacial score (nSPS) is 10.5. The van der Waals surface area contributed by atoms with E-state index in [0.717, 1.165) is 25.5 Å². The summed E-state index contributed by atoms with van der Waals surface area (Å²) in [5.41, 5.74) is 2.21. The molecule has 0 aliphatic rings. The zero-order valence-electron chi connectivity index (χ0n) is 9.32. The van der Waals surface area contributed by atoms with Gasteiger partial charge in [-0.05, 0) is 25.5 Å². The fourth-order valence-electron chi connectivity index (χ4n) is 1.50. The maximum absolute atomic E-state index is 10.9. The highest BCUT2D eigenvalue weighted by Gasteiger charge is 2.16. The fraction of sp³-hybridized carbons (Fsp3) is 0.167. The molecule has 0 amide bonds. The smallest absolute Gasteiger partial charge is 0.355 e. The monoisotopic (exact) mass is 311 g/mol. The van der Waals surface area contributed by atoms with Gasteiger partial charge in [0.2, 0.25) is 0 Å². The maximum Gasteiger partial charge on any atom is 0.355 e. The maximum atomic E-state index is 10.9. The summed E-state index contributed by atoms with van der Waals surface area (Å²) in [6.45, 7) is 3.77. The first-order valence-electron chi connectivity index (χ1n) is 4.96. The number of hydrogen-bond donors (Lipinski definition) is 1. The molecule has 0 radical (unpaired) electrons. The quantitative estimate of drug-likeness (QED) is 0.915. The highest BCUT2D eigenvalue weighted by molar-refractivity contribution is 9.10. The Bertz CT molecular complexity index is 592. The molecule has 1 heterocycles. The third-order valence-electron chi connectivity index (χ3n) is 2.35. The Balaban J connectivity index is 2.53. The first-order valence-corrected chi connectivity index (χ1v) is 6.57. The number of hydrogen-bond acceptors (Lipinski definition) is 3. The lowest BCUT2D eigenvalue weighted by molar-refractivity contribution is 0.0690. The van der Waals surface area contributed by atoms with E-state index in [-0.39, 0.29) is 5.69 Å². The van der Waals surface area contributed by atoms with E-state index in [9.17, 15) is 4.79 Å². The van der Waals surface area contributed by atoms with Gasteiger partial charge in [-0.3, -0.25) is 0 Å². The number of carboxylic acid groups (broad SMARTS) is 1. The molecule has 2 aromatic rings. The van der Waals surface area contributed by atoms with Crippen LogP contribution in [0.1, 0.15) is 20.9 Å². The van der Waals surface area contributed by atoms with E-state index in [1.807, 2.05) is 25.1 Å². The van der Waals surface area contributed by atoms with Gasteiger partial charge in [-0.1, -0.05) is 28.1 Å². The van der Waals surface area contributed by atoms with E-state index < -0.39 is 5.97 Å². The van der Waals surface area contributed by atoms with Crippen LogP contribution in [0.2, 0.25) is 0 Å². The molecule has 0 bridgehead atoms. The Labute approximate surface area is 111 Å². The van der Waals surface area contributed by atoms with Gasteiger partial charge in [0.05, 0.1) is 0 Å². The summed E-state index contributed by atoms with van der Waals surface area (Å²) in [5.74, 6) is -0.978. The van der Waals surface area contributed by atoms with E-state index >= 15 is 0 Å². The van der Waals surface area contributed by atoms with Gasteiger partial charge in [-0.15, -0.1) is 11.3 Å². The van der Waals surface area contributed by atoms with Crippen LogP contribution < -0.4 is 0 Å². The second-order valence-corrected chi connectivity index (χ2v) is 5.77. The highest BCUT2D eigenvalue weighted by atomic mass is 79.9. The van der Waals surface area contributed by atoms with Crippen LogP contribution in [0.3, 0.4) is 0 Å². The van der Waals surface area contributed by atoms with Crippen LogP contribution in [0.15, 0.2) is 22.7 Å². The van der Waals surface area contributed by atoms with Gasteiger partial charge < -0.3 is 5.11 Å². The summed E-state index contributed by atoms with van der Waals surface area (Å²) in [5, 5.41) is 9.70. The fourth-order valence-corrected chi connectivity index (χ4v) is 3.26. The molecule has 1 aromatic heterocycles. The van der Waals surface area contributed by atoms with Gasteiger partial charge in [0.25, 0.3) is 0 Å². The van der Waals surface area contributed by atoms with Crippen molar-refractivity contribution in [1.29, 1.82) is 0 Å². The molecule has 0 aliphatic heterocycles. The standard InChI is InChI=1S/C12H10BrNO2S/c1-6-3-4-8(9(13)5-6)11-14-10(12(15)16)7(2)17-11/h3-5H,1-2H3,(H,15,16). The minimum Gasteiger partial charge on any atom is -0.476 e. The molecule has 17 heavy (non-hydrogen) atoms. The minimum atomic E-state index is -0.978. The lowest BCUT2D eigenvalue weighted by Gasteiger charge is -2.01. The predicted molar refractivity (Wildman–Crippen MR) is 71.7 cm³/mol. The number of benzene rings is 1. The van der Waals surface area contributed by atoms with E-state index in [0.29, 0.717) is 0 Å². The van der Waals surface area contributed by atoms with Crippen molar-refractivity contribution in [2.45, 2.75) is 13.8 Å². The molecule has 0 unspecified atom stereocenters. The van der Waals surface area contributed by atoms with Gasteiger partial charge >= 0.3 is 5.97 Å². The average Bonchev–Trinajstić information content (AvgIpc) is 2.60. The van der Waals surface area contributed by atoms with Gasteiger partial charge in [0.15, 0.2) is 5.69 Å². The van der Waals surface area contributed by atoms with Crippen LogP contribution in [-0.2, 0) is 0 Å². The molecule has 2 rings (SSSR count). The molecular formula is C12H10BrNO2S. The molecule has 1 aromatic carbocycles. The Morgan fingerprint density at radius 3 is 2.65 bits per heavy atom. The van der Waals surface area contributed by atoms with E-state index in [1.165, 1.54) is 11.3 Å². The van der Waals surface area contributed by atoms with Crippen LogP contribution in [0, 0.1) is 13.8 Å². The lowest BCUT2D eigenvalue weighted by atomic mass is 10.2. The van der Waals surface area contributed by atoms with Crippen LogP contribution in [0.5, 0.6) is 0 Å². The van der Waals surface area contributed by atoms with Crippen molar-refractivity contribution >= 4 is 33.2 Å². The summed E-state index contributed by atoms with van der Waals surface area (Å²) in [6, 6.07) is 5.92. The number of aryl methyl sites for hydroxylation is 2. The van der Waals surface area contributed by atoms with E-state index in [2.05, 4.69) is 20.9 Å². The molecular weight excluding hydrogens is 302 g/mol. The van der Waals surface area contributed by atoms with Crippen molar-refractivity contribution in [3.05, 3.63) is 38.8 Å². The molecule has 1 N–H and O–H groups in total. The van der Waals surface area contributed by atoms with E-state index in [1.54, 1.807) is 6.92 Å². The molecule has 0 aliphatic carbocycles. The number of rotatable bonds is 2. The van der Waals surface area contributed by atoms with Crippen molar-refractivity contribution in [3.8, 4) is 10.6 Å². The zero-order valence-corrected chi connectivity index (χ0v) is 11.7. The van der Waals surface area contributed by atoms with Crippen molar-refractivity contribution < 1.29 is 9.90 Å². The van der Waals surface area contributed by atoms with Gasteiger partial charge in [0, 0.05) is 14.9 Å². The second kappa shape index (κ2) is 4.58. The summed E-state index contributed by atoms with van der Waals surface area (Å²) < 4.78 is 0.934. The molecule has 0 spiro atoms. The molecule has 0 atom stereocenters. The summed E-state index contributed by atoms with van der Waals surface area (Å²) in [7, 11) is 0. The zero-order chi connectivity index (χ0) is 12.6. The average molecular weight is 312 g/mol. The molecule has 0 saturated carbocycles. The number of thiazole rings is 1. The number of halogens is 1. The van der Waals surface area contributed by atoms with Gasteiger partial charge in [-0.2, -0.15) is 0 Å². The van der Waals surface area contributed by atoms with Gasteiger partial charge in [0.1, 0.15) is 5.01 Å². The Morgan fingerprint density at radius 2 is 2.12 bits per heavy atom.